The minimum Gasteiger partial charge on any atom is -0.490 e. The van der Waals surface area contributed by atoms with E-state index in [1.54, 1.807) is 35.7 Å². The molecule has 0 aliphatic carbocycles. The first-order chi connectivity index (χ1) is 9.52. The summed E-state index contributed by atoms with van der Waals surface area (Å²) in [5.41, 5.74) is 0.366. The number of nitrogens with one attached hydrogen (secondary N) is 1. The number of rotatable bonds is 5. The molecule has 0 saturated heterocycles. The van der Waals surface area contributed by atoms with Crippen LogP contribution in [0.4, 0.5) is 11.4 Å². The number of para-hydroxylation sites is 1. The first-order valence-corrected chi connectivity index (χ1v) is 6.85. The van der Waals surface area contributed by atoms with Crippen molar-refractivity contribution in [3.63, 3.8) is 0 Å². The van der Waals surface area contributed by atoms with Gasteiger partial charge in [0.1, 0.15) is 10.7 Å². The van der Waals surface area contributed by atoms with Gasteiger partial charge in [0.2, 0.25) is 0 Å². The van der Waals surface area contributed by atoms with E-state index in [-0.39, 0.29) is 17.5 Å². The van der Waals surface area contributed by atoms with Gasteiger partial charge in [0, 0.05) is 11.1 Å². The van der Waals surface area contributed by atoms with Gasteiger partial charge < -0.3 is 10.1 Å². The van der Waals surface area contributed by atoms with Crippen molar-refractivity contribution in [2.45, 2.75) is 19.9 Å². The second-order valence-corrected chi connectivity index (χ2v) is 5.56. The van der Waals surface area contributed by atoms with E-state index in [1.807, 2.05) is 13.8 Å². The number of benzene rings is 1. The molecule has 106 valence electrons. The minimum atomic E-state index is -0.443. The summed E-state index contributed by atoms with van der Waals surface area (Å²) in [5.74, 6) is 0.238. The van der Waals surface area contributed by atoms with E-state index in [1.165, 1.54) is 7.11 Å². The molecule has 0 bridgehead atoms. The van der Waals surface area contributed by atoms with Crippen LogP contribution in [0.5, 0.6) is 5.75 Å². The van der Waals surface area contributed by atoms with Gasteiger partial charge in [-0.05, 0) is 26.0 Å². The molecule has 6 nitrogen and oxygen atoms in total. The van der Waals surface area contributed by atoms with Crippen LogP contribution in [0, 0.1) is 17.0 Å². The van der Waals surface area contributed by atoms with Gasteiger partial charge in [-0.15, -0.1) is 11.3 Å². The summed E-state index contributed by atoms with van der Waals surface area (Å²) in [6.45, 7) is 3.89. The molecule has 0 saturated carbocycles. The lowest BCUT2D eigenvalue weighted by Crippen LogP contribution is -2.08. The molecule has 1 atom stereocenters. The standard InChI is InChI=1S/C13H15N3O3S/c1-8-7-14-13(20-8)9(2)15-10-5-4-6-11(19-3)12(10)16(17)18/h4-7,9,15H,1-3H3. The molecule has 1 aromatic carbocycles. The van der Waals surface area contributed by atoms with E-state index < -0.39 is 4.92 Å². The van der Waals surface area contributed by atoms with Crippen molar-refractivity contribution in [2.24, 2.45) is 0 Å². The largest absolute Gasteiger partial charge is 0.490 e. The third kappa shape index (κ3) is 2.88. The molecule has 1 N–H and O–H groups in total. The molecule has 1 heterocycles. The maximum atomic E-state index is 11.2. The Kier molecular flexibility index (Phi) is 4.19. The average molecular weight is 293 g/mol. The van der Waals surface area contributed by atoms with Gasteiger partial charge in [-0.3, -0.25) is 10.1 Å². The number of hydrogen-bond donors (Lipinski definition) is 1. The summed E-state index contributed by atoms with van der Waals surface area (Å²) < 4.78 is 5.04. The first kappa shape index (κ1) is 14.3. The Morgan fingerprint density at radius 1 is 1.50 bits per heavy atom. The van der Waals surface area contributed by atoms with Gasteiger partial charge in [-0.25, -0.2) is 4.98 Å². The third-order valence-corrected chi connectivity index (χ3v) is 3.88. The number of hydrogen-bond acceptors (Lipinski definition) is 6. The van der Waals surface area contributed by atoms with Crippen molar-refractivity contribution in [1.29, 1.82) is 0 Å². The second kappa shape index (κ2) is 5.87. The highest BCUT2D eigenvalue weighted by atomic mass is 32.1. The fourth-order valence-corrected chi connectivity index (χ4v) is 2.64. The van der Waals surface area contributed by atoms with Crippen molar-refractivity contribution >= 4 is 22.7 Å². The molecule has 0 amide bonds. The zero-order valence-electron chi connectivity index (χ0n) is 11.4. The molecule has 0 radical (unpaired) electrons. The molecular weight excluding hydrogens is 278 g/mol. The lowest BCUT2D eigenvalue weighted by Gasteiger charge is -2.14. The number of aryl methyl sites for hydroxylation is 1. The smallest absolute Gasteiger partial charge is 0.333 e. The predicted molar refractivity (Wildman–Crippen MR) is 78.5 cm³/mol. The van der Waals surface area contributed by atoms with Crippen LogP contribution in [-0.2, 0) is 0 Å². The SMILES string of the molecule is COc1cccc(NC(C)c2ncc(C)s2)c1[N+](=O)[O-]. The Balaban J connectivity index is 2.31. The van der Waals surface area contributed by atoms with Gasteiger partial charge in [-0.1, -0.05) is 6.07 Å². The first-order valence-electron chi connectivity index (χ1n) is 6.03. The Morgan fingerprint density at radius 3 is 2.80 bits per heavy atom. The molecule has 0 fully saturated rings. The van der Waals surface area contributed by atoms with Gasteiger partial charge in [0.05, 0.1) is 18.1 Å². The molecule has 20 heavy (non-hydrogen) atoms. The number of methoxy groups -OCH3 is 1. The van der Waals surface area contributed by atoms with Crippen LogP contribution < -0.4 is 10.1 Å². The summed E-state index contributed by atoms with van der Waals surface area (Å²) >= 11 is 1.56. The van der Waals surface area contributed by atoms with E-state index in [0.29, 0.717) is 5.69 Å². The minimum absolute atomic E-state index is 0.0601. The average Bonchev–Trinajstić information content (AvgIpc) is 2.84. The maximum Gasteiger partial charge on any atom is 0.333 e. The molecular formula is C13H15N3O3S. The van der Waals surface area contributed by atoms with Crippen LogP contribution in [0.1, 0.15) is 22.9 Å². The number of nitro benzene ring substituents is 1. The summed E-state index contributed by atoms with van der Waals surface area (Å²) in [5, 5.41) is 15.2. The molecule has 7 heteroatoms. The summed E-state index contributed by atoms with van der Waals surface area (Å²) in [6.07, 6.45) is 1.79. The van der Waals surface area contributed by atoms with Gasteiger partial charge in [-0.2, -0.15) is 0 Å². The number of nitrogens with zero attached hydrogens (tertiary/aromatic N) is 2. The lowest BCUT2D eigenvalue weighted by molar-refractivity contribution is -0.384. The zero-order valence-corrected chi connectivity index (χ0v) is 12.2. The van der Waals surface area contributed by atoms with Crippen LogP contribution in [0.25, 0.3) is 0 Å². The molecule has 0 aliphatic rings. The number of nitro groups is 1. The van der Waals surface area contributed by atoms with Crippen molar-refractivity contribution < 1.29 is 9.66 Å². The van der Waals surface area contributed by atoms with E-state index in [0.717, 1.165) is 9.88 Å². The Hall–Kier alpha value is -2.15. The molecule has 2 aromatic rings. The number of ether oxygens (including phenoxy) is 1. The third-order valence-electron chi connectivity index (χ3n) is 2.78. The highest BCUT2D eigenvalue weighted by Gasteiger charge is 2.22. The summed E-state index contributed by atoms with van der Waals surface area (Å²) in [6, 6.07) is 4.84. The van der Waals surface area contributed by atoms with E-state index >= 15 is 0 Å². The Labute approximate surface area is 120 Å². The van der Waals surface area contributed by atoms with Gasteiger partial charge >= 0.3 is 5.69 Å². The van der Waals surface area contributed by atoms with E-state index in [2.05, 4.69) is 10.3 Å². The van der Waals surface area contributed by atoms with Crippen molar-refractivity contribution in [2.75, 3.05) is 12.4 Å². The van der Waals surface area contributed by atoms with Gasteiger partial charge in [0.25, 0.3) is 0 Å². The number of aromatic nitrogens is 1. The van der Waals surface area contributed by atoms with Crippen molar-refractivity contribution in [3.05, 3.63) is 44.4 Å². The van der Waals surface area contributed by atoms with Crippen LogP contribution in [0.3, 0.4) is 0 Å². The van der Waals surface area contributed by atoms with E-state index in [9.17, 15) is 10.1 Å². The van der Waals surface area contributed by atoms with E-state index in [4.69, 9.17) is 4.74 Å². The summed E-state index contributed by atoms with van der Waals surface area (Å²) in [4.78, 5) is 16.1. The Morgan fingerprint density at radius 2 is 2.25 bits per heavy atom. The summed E-state index contributed by atoms with van der Waals surface area (Å²) in [7, 11) is 1.42. The molecule has 1 unspecified atom stereocenters. The van der Waals surface area contributed by atoms with Crippen molar-refractivity contribution in [3.8, 4) is 5.75 Å². The zero-order chi connectivity index (χ0) is 14.7. The fourth-order valence-electron chi connectivity index (χ4n) is 1.86. The predicted octanol–water partition coefficient (Wildman–Crippen LogP) is 3.54. The maximum absolute atomic E-state index is 11.2. The highest BCUT2D eigenvalue weighted by Crippen LogP contribution is 2.36. The van der Waals surface area contributed by atoms with Crippen LogP contribution in [-0.4, -0.2) is 17.0 Å². The molecule has 0 spiro atoms. The molecule has 1 aromatic heterocycles. The van der Waals surface area contributed by atoms with Crippen LogP contribution in [0.15, 0.2) is 24.4 Å². The van der Waals surface area contributed by atoms with Gasteiger partial charge in [0.15, 0.2) is 5.75 Å². The Bertz CT molecular complexity index is 627. The van der Waals surface area contributed by atoms with Crippen LogP contribution in [0.2, 0.25) is 0 Å². The fraction of sp³-hybridized carbons (Fsp3) is 0.308. The number of anilines is 1. The van der Waals surface area contributed by atoms with Crippen molar-refractivity contribution in [1.82, 2.24) is 4.98 Å². The quantitative estimate of drug-likeness (QED) is 0.674. The second-order valence-electron chi connectivity index (χ2n) is 4.29. The lowest BCUT2D eigenvalue weighted by atomic mass is 10.2. The molecule has 2 rings (SSSR count). The van der Waals surface area contributed by atoms with Crippen LogP contribution >= 0.6 is 11.3 Å². The molecule has 0 aliphatic heterocycles. The number of thiazole rings is 1. The topological polar surface area (TPSA) is 77.3 Å². The highest BCUT2D eigenvalue weighted by molar-refractivity contribution is 7.11. The monoisotopic (exact) mass is 293 g/mol. The normalized spacial score (nSPS) is 11.9.